The molecule has 27 heavy (non-hydrogen) atoms. The van der Waals surface area contributed by atoms with Crippen LogP contribution in [0.15, 0.2) is 29.3 Å². The van der Waals surface area contributed by atoms with Crippen molar-refractivity contribution in [1.29, 1.82) is 0 Å². The summed E-state index contributed by atoms with van der Waals surface area (Å²) >= 11 is 5.91. The molecule has 0 aliphatic carbocycles. The van der Waals surface area contributed by atoms with Crippen LogP contribution in [0, 0.1) is 0 Å². The van der Waals surface area contributed by atoms with E-state index in [1.807, 2.05) is 0 Å². The summed E-state index contributed by atoms with van der Waals surface area (Å²) in [6.45, 7) is -1.17. The molecule has 0 spiro atoms. The van der Waals surface area contributed by atoms with Gasteiger partial charge in [-0.15, -0.1) is 0 Å². The molecule has 0 atom stereocenters. The molecular weight excluding hydrogens is 403 g/mol. The first-order valence-corrected chi connectivity index (χ1v) is 9.24. The second-order valence-corrected chi connectivity index (χ2v) is 7.18. The second kappa shape index (κ2) is 7.45. The Morgan fingerprint density at radius 2 is 1.89 bits per heavy atom. The third kappa shape index (κ3) is 3.69. The van der Waals surface area contributed by atoms with Gasteiger partial charge < -0.3 is 19.2 Å². The molecule has 0 fully saturated rings. The Balaban J connectivity index is 2.02. The smallest absolute Gasteiger partial charge is 0.266 e. The van der Waals surface area contributed by atoms with Crippen molar-refractivity contribution in [2.24, 2.45) is 0 Å². The first kappa shape index (κ1) is 19.0. The number of nitrogens with one attached hydrogen (secondary N) is 2. The van der Waals surface area contributed by atoms with E-state index in [0.717, 1.165) is 0 Å². The van der Waals surface area contributed by atoms with Crippen molar-refractivity contribution in [3.8, 4) is 17.5 Å². The van der Waals surface area contributed by atoms with Gasteiger partial charge in [-0.1, -0.05) is 11.6 Å². The van der Waals surface area contributed by atoms with E-state index in [2.05, 4.69) is 19.7 Å². The van der Waals surface area contributed by atoms with E-state index in [9.17, 15) is 12.8 Å². The Morgan fingerprint density at radius 1 is 1.22 bits per heavy atom. The zero-order chi connectivity index (χ0) is 19.6. The number of benzene rings is 1. The summed E-state index contributed by atoms with van der Waals surface area (Å²) < 4.78 is 55.0. The normalized spacial score (nSPS) is 11.4. The van der Waals surface area contributed by atoms with Crippen LogP contribution in [0.3, 0.4) is 0 Å². The molecule has 0 saturated heterocycles. The highest BCUT2D eigenvalue weighted by Gasteiger charge is 2.24. The van der Waals surface area contributed by atoms with E-state index in [1.54, 1.807) is 18.2 Å². The second-order valence-electron chi connectivity index (χ2n) is 5.10. The molecule has 0 bridgehead atoms. The molecule has 0 aliphatic rings. The molecule has 2 aromatic heterocycles. The van der Waals surface area contributed by atoms with Crippen LogP contribution in [0.1, 0.15) is 0 Å². The number of hydrogen-bond acceptors (Lipinski definition) is 7. The topological polar surface area (TPSA) is 115 Å². The Kier molecular flexibility index (Phi) is 5.24. The molecule has 2 heterocycles. The maximum atomic E-state index is 12.8. The lowest BCUT2D eigenvalue weighted by Gasteiger charge is -2.13. The molecule has 0 saturated carbocycles. The van der Waals surface area contributed by atoms with E-state index in [4.69, 9.17) is 25.8 Å². The van der Waals surface area contributed by atoms with Crippen molar-refractivity contribution in [1.82, 2.24) is 15.0 Å². The molecule has 12 heteroatoms. The molecule has 144 valence electrons. The zero-order valence-electron chi connectivity index (χ0n) is 14.1. The van der Waals surface area contributed by atoms with Gasteiger partial charge in [-0.2, -0.15) is 9.97 Å². The number of nitrogens with zero attached hydrogens (tertiary/aromatic N) is 2. The van der Waals surface area contributed by atoms with Gasteiger partial charge in [0.25, 0.3) is 21.8 Å². The molecule has 9 nitrogen and oxygen atoms in total. The quantitative estimate of drug-likeness (QED) is 0.608. The maximum absolute atomic E-state index is 12.8. The average molecular weight is 417 g/mol. The van der Waals surface area contributed by atoms with Crippen LogP contribution in [-0.4, -0.2) is 44.4 Å². The van der Waals surface area contributed by atoms with Crippen molar-refractivity contribution in [3.05, 3.63) is 29.4 Å². The minimum Gasteiger partial charge on any atom is -0.478 e. The number of methoxy groups -OCH3 is 2. The largest absolute Gasteiger partial charge is 0.478 e. The summed E-state index contributed by atoms with van der Waals surface area (Å²) in [5.41, 5.74) is 0.547. The van der Waals surface area contributed by atoms with Crippen LogP contribution in [-0.2, 0) is 10.0 Å². The van der Waals surface area contributed by atoms with Crippen LogP contribution in [0.5, 0.6) is 17.5 Å². The van der Waals surface area contributed by atoms with Gasteiger partial charge in [0.15, 0.2) is 0 Å². The molecule has 0 aliphatic heterocycles. The van der Waals surface area contributed by atoms with Crippen molar-refractivity contribution >= 4 is 38.5 Å². The minimum absolute atomic E-state index is 0.0280. The van der Waals surface area contributed by atoms with Gasteiger partial charge >= 0.3 is 0 Å². The SMILES string of the molecule is COc1nc(NS(=O)(=O)c2c[nH]c3cc(Cl)ccc23)nc(OC)c1OCF. The van der Waals surface area contributed by atoms with Crippen molar-refractivity contribution in [3.63, 3.8) is 0 Å². The number of aromatic nitrogens is 3. The fourth-order valence-corrected chi connectivity index (χ4v) is 3.68. The average Bonchev–Trinajstić information content (AvgIpc) is 3.06. The number of fused-ring (bicyclic) bond motifs is 1. The first-order chi connectivity index (χ1) is 12.9. The van der Waals surface area contributed by atoms with Gasteiger partial charge in [0.05, 0.1) is 14.2 Å². The van der Waals surface area contributed by atoms with Gasteiger partial charge in [0.1, 0.15) is 4.90 Å². The zero-order valence-corrected chi connectivity index (χ0v) is 15.7. The Bertz CT molecular complexity index is 1060. The number of sulfonamides is 1. The highest BCUT2D eigenvalue weighted by molar-refractivity contribution is 7.93. The van der Waals surface area contributed by atoms with Crippen LogP contribution in [0.4, 0.5) is 10.3 Å². The summed E-state index contributed by atoms with van der Waals surface area (Å²) in [6, 6.07) is 4.74. The summed E-state index contributed by atoms with van der Waals surface area (Å²) in [6.07, 6.45) is 1.32. The predicted octanol–water partition coefficient (Wildman–Crippen LogP) is 2.74. The van der Waals surface area contributed by atoms with Crippen LogP contribution >= 0.6 is 11.6 Å². The van der Waals surface area contributed by atoms with E-state index >= 15 is 0 Å². The molecule has 0 radical (unpaired) electrons. The number of aromatic amines is 1. The highest BCUT2D eigenvalue weighted by Crippen LogP contribution is 2.35. The van der Waals surface area contributed by atoms with Crippen molar-refractivity contribution in [2.45, 2.75) is 4.90 Å². The Morgan fingerprint density at radius 3 is 2.48 bits per heavy atom. The van der Waals surface area contributed by atoms with E-state index < -0.39 is 16.9 Å². The lowest BCUT2D eigenvalue weighted by atomic mass is 10.2. The summed E-state index contributed by atoms with van der Waals surface area (Å²) in [7, 11) is -1.54. The number of halogens is 2. The molecular formula is C15H14ClFN4O5S. The lowest BCUT2D eigenvalue weighted by Crippen LogP contribution is -2.16. The molecule has 2 N–H and O–H groups in total. The van der Waals surface area contributed by atoms with Gasteiger partial charge in [0, 0.05) is 22.1 Å². The third-order valence-electron chi connectivity index (χ3n) is 3.51. The van der Waals surface area contributed by atoms with Crippen LogP contribution in [0.25, 0.3) is 10.9 Å². The van der Waals surface area contributed by atoms with E-state index in [0.29, 0.717) is 15.9 Å². The molecule has 3 rings (SSSR count). The number of alkyl halides is 1. The number of rotatable bonds is 7. The first-order valence-electron chi connectivity index (χ1n) is 7.38. The van der Waals surface area contributed by atoms with E-state index in [-0.39, 0.29) is 28.4 Å². The molecule has 3 aromatic rings. The van der Waals surface area contributed by atoms with E-state index in [1.165, 1.54) is 20.4 Å². The Labute approximate surface area is 158 Å². The third-order valence-corrected chi connectivity index (χ3v) is 5.11. The lowest BCUT2D eigenvalue weighted by molar-refractivity contribution is 0.174. The van der Waals surface area contributed by atoms with Crippen LogP contribution < -0.4 is 18.9 Å². The molecule has 0 amide bonds. The Hall–Kier alpha value is -2.79. The van der Waals surface area contributed by atoms with Crippen molar-refractivity contribution < 1.29 is 27.0 Å². The van der Waals surface area contributed by atoms with Crippen LogP contribution in [0.2, 0.25) is 5.02 Å². The highest BCUT2D eigenvalue weighted by atomic mass is 35.5. The number of hydrogen-bond donors (Lipinski definition) is 2. The summed E-state index contributed by atoms with van der Waals surface area (Å²) in [5.74, 6) is -0.906. The number of anilines is 1. The number of ether oxygens (including phenoxy) is 3. The van der Waals surface area contributed by atoms with Crippen molar-refractivity contribution in [2.75, 3.05) is 25.8 Å². The van der Waals surface area contributed by atoms with Gasteiger partial charge in [0.2, 0.25) is 18.6 Å². The van der Waals surface area contributed by atoms with Gasteiger partial charge in [-0.3, -0.25) is 0 Å². The summed E-state index contributed by atoms with van der Waals surface area (Å²) in [4.78, 5) is 10.6. The summed E-state index contributed by atoms with van der Waals surface area (Å²) in [5, 5.41) is 0.894. The standard InChI is InChI=1S/C15H14ClFN4O5S/c1-24-13-12(26-7-17)14(25-2)20-15(19-13)21-27(22,23)11-6-18-10-5-8(16)3-4-9(10)11/h3-6,18H,7H2,1-2H3,(H,19,20,21). The van der Waals surface area contributed by atoms with Gasteiger partial charge in [-0.05, 0) is 18.2 Å². The minimum atomic E-state index is -4.06. The predicted molar refractivity (Wildman–Crippen MR) is 95.9 cm³/mol. The maximum Gasteiger partial charge on any atom is 0.266 e. The fourth-order valence-electron chi connectivity index (χ4n) is 2.38. The fraction of sp³-hybridized carbons (Fsp3) is 0.200. The molecule has 0 unspecified atom stereocenters. The number of H-pyrrole nitrogens is 1. The van der Waals surface area contributed by atoms with Gasteiger partial charge in [-0.25, -0.2) is 17.5 Å². The molecule has 1 aromatic carbocycles. The monoisotopic (exact) mass is 416 g/mol.